The molecule has 1 amide bonds. The standard InChI is InChI=1S/C17H24BrNO/c1-2-14(13-9-5-3-6-10-13)17(20)19-16-12-8-4-7-11-15(16)18/h3,5-6,9-10,14-16H,2,4,7-8,11-12H2,1H3,(H,19,20). The summed E-state index contributed by atoms with van der Waals surface area (Å²) in [6.45, 7) is 2.08. The van der Waals surface area contributed by atoms with E-state index in [1.165, 1.54) is 19.3 Å². The lowest BCUT2D eigenvalue weighted by molar-refractivity contribution is -0.123. The molecule has 0 saturated heterocycles. The highest BCUT2D eigenvalue weighted by Crippen LogP contribution is 2.25. The zero-order valence-corrected chi connectivity index (χ0v) is 13.7. The fourth-order valence-corrected chi connectivity index (χ4v) is 3.69. The largest absolute Gasteiger partial charge is 0.352 e. The average molecular weight is 338 g/mol. The average Bonchev–Trinajstić information content (AvgIpc) is 2.66. The van der Waals surface area contributed by atoms with Gasteiger partial charge in [-0.1, -0.05) is 72.4 Å². The Kier molecular flexibility index (Phi) is 6.08. The van der Waals surface area contributed by atoms with Crippen molar-refractivity contribution >= 4 is 21.8 Å². The van der Waals surface area contributed by atoms with E-state index in [4.69, 9.17) is 0 Å². The van der Waals surface area contributed by atoms with Crippen molar-refractivity contribution in [3.05, 3.63) is 35.9 Å². The molecule has 0 aromatic heterocycles. The molecule has 0 radical (unpaired) electrons. The molecule has 0 bridgehead atoms. The van der Waals surface area contributed by atoms with Crippen LogP contribution in [0.3, 0.4) is 0 Å². The summed E-state index contributed by atoms with van der Waals surface area (Å²) in [7, 11) is 0. The highest BCUT2D eigenvalue weighted by Gasteiger charge is 2.26. The van der Waals surface area contributed by atoms with Gasteiger partial charge in [-0.15, -0.1) is 0 Å². The molecule has 1 aromatic carbocycles. The molecule has 0 heterocycles. The zero-order chi connectivity index (χ0) is 14.4. The summed E-state index contributed by atoms with van der Waals surface area (Å²) in [5.74, 6) is 0.147. The minimum absolute atomic E-state index is 0.0286. The minimum atomic E-state index is -0.0286. The van der Waals surface area contributed by atoms with Crippen molar-refractivity contribution in [1.29, 1.82) is 0 Å². The van der Waals surface area contributed by atoms with E-state index in [-0.39, 0.29) is 17.9 Å². The summed E-state index contributed by atoms with van der Waals surface area (Å²) in [5.41, 5.74) is 1.12. The van der Waals surface area contributed by atoms with Crippen LogP contribution >= 0.6 is 15.9 Å². The molecule has 3 heteroatoms. The Morgan fingerprint density at radius 3 is 2.65 bits per heavy atom. The van der Waals surface area contributed by atoms with E-state index in [9.17, 15) is 4.79 Å². The number of carbonyl (C=O) groups is 1. The van der Waals surface area contributed by atoms with Crippen LogP contribution in [0.25, 0.3) is 0 Å². The molecule has 1 saturated carbocycles. The first kappa shape index (κ1) is 15.6. The molecule has 1 fully saturated rings. The van der Waals surface area contributed by atoms with Gasteiger partial charge in [0.1, 0.15) is 0 Å². The predicted molar refractivity (Wildman–Crippen MR) is 87.2 cm³/mol. The summed E-state index contributed by atoms with van der Waals surface area (Å²) >= 11 is 3.75. The molecule has 20 heavy (non-hydrogen) atoms. The second-order valence-corrected chi connectivity index (χ2v) is 6.82. The fourth-order valence-electron chi connectivity index (χ4n) is 2.97. The van der Waals surface area contributed by atoms with Gasteiger partial charge in [-0.25, -0.2) is 0 Å². The smallest absolute Gasteiger partial charge is 0.227 e. The van der Waals surface area contributed by atoms with Gasteiger partial charge in [-0.2, -0.15) is 0 Å². The van der Waals surface area contributed by atoms with Crippen molar-refractivity contribution in [2.24, 2.45) is 0 Å². The van der Waals surface area contributed by atoms with Gasteiger partial charge >= 0.3 is 0 Å². The lowest BCUT2D eigenvalue weighted by Gasteiger charge is -2.24. The number of benzene rings is 1. The third-order valence-corrected chi connectivity index (χ3v) is 5.28. The second kappa shape index (κ2) is 7.82. The van der Waals surface area contributed by atoms with Crippen LogP contribution in [0.2, 0.25) is 0 Å². The maximum atomic E-state index is 12.6. The van der Waals surface area contributed by atoms with Crippen LogP contribution in [0.5, 0.6) is 0 Å². The van der Waals surface area contributed by atoms with Crippen LogP contribution < -0.4 is 5.32 Å². The first-order valence-electron chi connectivity index (χ1n) is 7.71. The number of nitrogens with one attached hydrogen (secondary N) is 1. The Morgan fingerprint density at radius 2 is 1.95 bits per heavy atom. The van der Waals surface area contributed by atoms with Gasteiger partial charge in [0.05, 0.1) is 5.92 Å². The highest BCUT2D eigenvalue weighted by atomic mass is 79.9. The SMILES string of the molecule is CCC(C(=O)NC1CCCCCC1Br)c1ccccc1. The molecule has 2 rings (SSSR count). The molecule has 1 aliphatic carbocycles. The first-order chi connectivity index (χ1) is 9.72. The Bertz CT molecular complexity index is 420. The minimum Gasteiger partial charge on any atom is -0.352 e. The van der Waals surface area contributed by atoms with Crippen LogP contribution in [0.15, 0.2) is 30.3 Å². The monoisotopic (exact) mass is 337 g/mol. The summed E-state index contributed by atoms with van der Waals surface area (Å²) in [4.78, 5) is 13.0. The topological polar surface area (TPSA) is 29.1 Å². The lowest BCUT2D eigenvalue weighted by atomic mass is 9.95. The maximum absolute atomic E-state index is 12.6. The van der Waals surface area contributed by atoms with Gasteiger partial charge in [0.2, 0.25) is 5.91 Å². The number of rotatable bonds is 4. The summed E-state index contributed by atoms with van der Waals surface area (Å²) in [5, 5.41) is 3.27. The van der Waals surface area contributed by atoms with E-state index >= 15 is 0 Å². The predicted octanol–water partition coefficient (Wildman–Crippen LogP) is 4.39. The maximum Gasteiger partial charge on any atom is 0.227 e. The number of hydrogen-bond acceptors (Lipinski definition) is 1. The fraction of sp³-hybridized carbons (Fsp3) is 0.588. The van der Waals surface area contributed by atoms with Crippen molar-refractivity contribution < 1.29 is 4.79 Å². The van der Waals surface area contributed by atoms with Crippen molar-refractivity contribution in [2.45, 2.75) is 62.2 Å². The summed E-state index contributed by atoms with van der Waals surface area (Å²) in [6.07, 6.45) is 6.85. The number of hydrogen-bond donors (Lipinski definition) is 1. The Morgan fingerprint density at radius 1 is 1.25 bits per heavy atom. The number of carbonyl (C=O) groups excluding carboxylic acids is 1. The third kappa shape index (κ3) is 4.08. The van der Waals surface area contributed by atoms with Gasteiger partial charge in [-0.05, 0) is 24.8 Å². The van der Waals surface area contributed by atoms with Crippen LogP contribution in [-0.4, -0.2) is 16.8 Å². The molecule has 1 aliphatic rings. The molecule has 3 atom stereocenters. The molecule has 110 valence electrons. The van der Waals surface area contributed by atoms with Crippen LogP contribution in [-0.2, 0) is 4.79 Å². The van der Waals surface area contributed by atoms with Crippen LogP contribution in [0, 0.1) is 0 Å². The Hall–Kier alpha value is -0.830. The molecule has 3 unspecified atom stereocenters. The highest BCUT2D eigenvalue weighted by molar-refractivity contribution is 9.09. The van der Waals surface area contributed by atoms with Crippen molar-refractivity contribution in [2.75, 3.05) is 0 Å². The van der Waals surface area contributed by atoms with Gasteiger partial charge in [0.15, 0.2) is 0 Å². The van der Waals surface area contributed by atoms with Gasteiger partial charge < -0.3 is 5.32 Å². The normalized spacial score (nSPS) is 24.7. The first-order valence-corrected chi connectivity index (χ1v) is 8.63. The van der Waals surface area contributed by atoms with Crippen molar-refractivity contribution in [3.63, 3.8) is 0 Å². The van der Waals surface area contributed by atoms with Crippen molar-refractivity contribution in [3.8, 4) is 0 Å². The Balaban J connectivity index is 2.02. The second-order valence-electron chi connectivity index (χ2n) is 5.64. The van der Waals surface area contributed by atoms with E-state index in [0.29, 0.717) is 4.83 Å². The van der Waals surface area contributed by atoms with E-state index < -0.39 is 0 Å². The molecule has 0 aliphatic heterocycles. The molecular weight excluding hydrogens is 314 g/mol. The summed E-state index contributed by atoms with van der Waals surface area (Å²) in [6, 6.07) is 10.4. The van der Waals surface area contributed by atoms with E-state index in [1.54, 1.807) is 0 Å². The number of amides is 1. The molecule has 1 N–H and O–H groups in total. The summed E-state index contributed by atoms with van der Waals surface area (Å²) < 4.78 is 0. The Labute approximate surface area is 130 Å². The van der Waals surface area contributed by atoms with Gasteiger partial charge in [-0.3, -0.25) is 4.79 Å². The van der Waals surface area contributed by atoms with E-state index in [2.05, 4.69) is 28.2 Å². The number of alkyl halides is 1. The molecule has 1 aromatic rings. The van der Waals surface area contributed by atoms with E-state index in [1.807, 2.05) is 30.3 Å². The number of halogens is 1. The quantitative estimate of drug-likeness (QED) is 0.640. The third-order valence-electron chi connectivity index (χ3n) is 4.19. The van der Waals surface area contributed by atoms with Crippen molar-refractivity contribution in [1.82, 2.24) is 5.32 Å². The zero-order valence-electron chi connectivity index (χ0n) is 12.1. The van der Waals surface area contributed by atoms with Crippen LogP contribution in [0.1, 0.15) is 56.9 Å². The van der Waals surface area contributed by atoms with Gasteiger partial charge in [0, 0.05) is 10.9 Å². The lowest BCUT2D eigenvalue weighted by Crippen LogP contribution is -2.42. The molecule has 0 spiro atoms. The van der Waals surface area contributed by atoms with Gasteiger partial charge in [0.25, 0.3) is 0 Å². The molecule has 2 nitrogen and oxygen atoms in total. The van der Waals surface area contributed by atoms with Crippen LogP contribution in [0.4, 0.5) is 0 Å². The molecular formula is C17H24BrNO. The van der Waals surface area contributed by atoms with E-state index in [0.717, 1.165) is 24.8 Å².